The van der Waals surface area contributed by atoms with Crippen LogP contribution in [0.4, 0.5) is 5.82 Å². The average molecular weight is 345 g/mol. The number of nitrogens with one attached hydrogen (secondary N) is 1. The summed E-state index contributed by atoms with van der Waals surface area (Å²) in [7, 11) is 4.60. The van der Waals surface area contributed by atoms with Crippen LogP contribution in [0.25, 0.3) is 0 Å². The summed E-state index contributed by atoms with van der Waals surface area (Å²) in [6, 6.07) is 5.39. The summed E-state index contributed by atoms with van der Waals surface area (Å²) < 4.78 is 17.0. The van der Waals surface area contributed by atoms with Crippen molar-refractivity contribution in [2.75, 3.05) is 26.1 Å². The highest BCUT2D eigenvalue weighted by molar-refractivity contribution is 5.94. The smallest absolute Gasteiger partial charge is 0.343 e. The van der Waals surface area contributed by atoms with E-state index < -0.39 is 5.97 Å². The molecular weight excluding hydrogens is 326 g/mol. The Morgan fingerprint density at radius 3 is 2.88 bits per heavy atom. The maximum atomic E-state index is 12.0. The number of aryl methyl sites for hydroxylation is 1. The van der Waals surface area contributed by atoms with Gasteiger partial charge in [0.25, 0.3) is 0 Å². The Morgan fingerprint density at radius 2 is 2.16 bits per heavy atom. The van der Waals surface area contributed by atoms with Gasteiger partial charge in [-0.3, -0.25) is 9.48 Å². The van der Waals surface area contributed by atoms with Crippen LogP contribution in [0.5, 0.6) is 11.5 Å². The van der Waals surface area contributed by atoms with Gasteiger partial charge in [-0.25, -0.2) is 4.79 Å². The maximum Gasteiger partial charge on any atom is 0.343 e. The Bertz CT molecular complexity index is 815. The highest BCUT2D eigenvalue weighted by atomic mass is 16.6. The lowest BCUT2D eigenvalue weighted by Crippen LogP contribution is -2.24. The van der Waals surface area contributed by atoms with Crippen LogP contribution < -0.4 is 14.8 Å². The van der Waals surface area contributed by atoms with E-state index in [1.165, 1.54) is 14.2 Å². The number of esters is 1. The van der Waals surface area contributed by atoms with Crippen molar-refractivity contribution in [2.45, 2.75) is 12.3 Å². The lowest BCUT2D eigenvalue weighted by molar-refractivity contribution is -0.142. The highest BCUT2D eigenvalue weighted by Crippen LogP contribution is 2.39. The Morgan fingerprint density at radius 1 is 1.36 bits per heavy atom. The number of nitrogens with zero attached hydrogens (tertiary/aromatic N) is 2. The van der Waals surface area contributed by atoms with Crippen LogP contribution in [0.15, 0.2) is 24.4 Å². The van der Waals surface area contributed by atoms with E-state index in [0.717, 1.165) is 11.1 Å². The van der Waals surface area contributed by atoms with E-state index in [-0.39, 0.29) is 18.4 Å². The number of anilines is 1. The molecule has 0 bridgehead atoms. The van der Waals surface area contributed by atoms with Gasteiger partial charge in [0.05, 0.1) is 20.4 Å². The molecule has 25 heavy (non-hydrogen) atoms. The summed E-state index contributed by atoms with van der Waals surface area (Å²) >= 11 is 0. The standard InChI is InChI=1S/C17H19N3O5/c1-20-17-12(8-18-20)11(7-15(21)19-17)10-4-5-13(14(6-10)23-2)25-9-16(22)24-3/h4-6,8,11H,7,9H2,1-3H3,(H,19,21). The van der Waals surface area contributed by atoms with E-state index in [9.17, 15) is 9.59 Å². The van der Waals surface area contributed by atoms with Crippen molar-refractivity contribution in [1.29, 1.82) is 0 Å². The van der Waals surface area contributed by atoms with Gasteiger partial charge in [0, 0.05) is 24.9 Å². The average Bonchev–Trinajstić information content (AvgIpc) is 2.99. The van der Waals surface area contributed by atoms with Gasteiger partial charge in [-0.05, 0) is 17.7 Å². The van der Waals surface area contributed by atoms with E-state index in [2.05, 4.69) is 15.2 Å². The number of ether oxygens (including phenoxy) is 3. The van der Waals surface area contributed by atoms with Crippen molar-refractivity contribution in [3.05, 3.63) is 35.5 Å². The molecule has 2 aromatic rings. The van der Waals surface area contributed by atoms with Gasteiger partial charge in [0.15, 0.2) is 18.1 Å². The largest absolute Gasteiger partial charge is 0.493 e. The molecule has 1 atom stereocenters. The molecule has 1 amide bonds. The van der Waals surface area contributed by atoms with Gasteiger partial charge in [0.2, 0.25) is 5.91 Å². The van der Waals surface area contributed by atoms with Gasteiger partial charge >= 0.3 is 5.97 Å². The van der Waals surface area contributed by atoms with Gasteiger partial charge in [0.1, 0.15) is 5.82 Å². The third kappa shape index (κ3) is 3.28. The molecule has 1 N–H and O–H groups in total. The summed E-state index contributed by atoms with van der Waals surface area (Å²) in [4.78, 5) is 23.3. The fourth-order valence-electron chi connectivity index (χ4n) is 2.85. The first-order valence-corrected chi connectivity index (χ1v) is 7.72. The molecule has 132 valence electrons. The zero-order valence-corrected chi connectivity index (χ0v) is 14.2. The zero-order chi connectivity index (χ0) is 18.0. The minimum Gasteiger partial charge on any atom is -0.493 e. The SMILES string of the molecule is COC(=O)COc1ccc(C2CC(=O)Nc3c2cnn3C)cc1OC. The first kappa shape index (κ1) is 16.8. The zero-order valence-electron chi connectivity index (χ0n) is 14.2. The highest BCUT2D eigenvalue weighted by Gasteiger charge is 2.29. The number of carbonyl (C=O) groups is 2. The molecule has 1 aromatic carbocycles. The molecular formula is C17H19N3O5. The lowest BCUT2D eigenvalue weighted by atomic mass is 9.87. The first-order chi connectivity index (χ1) is 12.0. The molecule has 1 aromatic heterocycles. The number of hydrogen-bond donors (Lipinski definition) is 1. The number of aromatic nitrogens is 2. The van der Waals surface area contributed by atoms with E-state index in [1.54, 1.807) is 24.0 Å². The molecule has 0 saturated carbocycles. The molecule has 3 rings (SSSR count). The normalized spacial score (nSPS) is 16.0. The second-order valence-electron chi connectivity index (χ2n) is 5.65. The predicted molar refractivity (Wildman–Crippen MR) is 88.8 cm³/mol. The number of methoxy groups -OCH3 is 2. The van der Waals surface area contributed by atoms with Crippen LogP contribution in [-0.4, -0.2) is 42.5 Å². The number of rotatable bonds is 5. The van der Waals surface area contributed by atoms with E-state index in [4.69, 9.17) is 9.47 Å². The molecule has 0 aliphatic carbocycles. The first-order valence-electron chi connectivity index (χ1n) is 7.72. The minimum absolute atomic E-state index is 0.0638. The van der Waals surface area contributed by atoms with Crippen LogP contribution >= 0.6 is 0 Å². The summed E-state index contributed by atoms with van der Waals surface area (Å²) in [5.41, 5.74) is 1.86. The topological polar surface area (TPSA) is 91.7 Å². The van der Waals surface area contributed by atoms with Gasteiger partial charge in [-0.2, -0.15) is 5.10 Å². The Balaban J connectivity index is 1.90. The second kappa shape index (κ2) is 6.84. The van der Waals surface area contributed by atoms with Crippen LogP contribution in [0.2, 0.25) is 0 Å². The van der Waals surface area contributed by atoms with Crippen LogP contribution in [0.1, 0.15) is 23.5 Å². The fourth-order valence-corrected chi connectivity index (χ4v) is 2.85. The summed E-state index contributed by atoms with van der Waals surface area (Å²) in [5.74, 6) is 0.953. The molecule has 2 heterocycles. The molecule has 1 aliphatic rings. The second-order valence-corrected chi connectivity index (χ2v) is 5.65. The molecule has 1 unspecified atom stereocenters. The van der Waals surface area contributed by atoms with Crippen molar-refractivity contribution in [3.63, 3.8) is 0 Å². The van der Waals surface area contributed by atoms with Gasteiger partial charge < -0.3 is 19.5 Å². The molecule has 0 saturated heterocycles. The van der Waals surface area contributed by atoms with E-state index in [0.29, 0.717) is 23.7 Å². The Labute approximate surface area is 144 Å². The quantitative estimate of drug-likeness (QED) is 0.825. The van der Waals surface area contributed by atoms with Crippen molar-refractivity contribution in [2.24, 2.45) is 7.05 Å². The summed E-state index contributed by atoms with van der Waals surface area (Å²) in [6.07, 6.45) is 2.08. The molecule has 0 spiro atoms. The van der Waals surface area contributed by atoms with Gasteiger partial charge in [-0.15, -0.1) is 0 Å². The van der Waals surface area contributed by atoms with Crippen molar-refractivity contribution < 1.29 is 23.8 Å². The monoisotopic (exact) mass is 345 g/mol. The molecule has 0 radical (unpaired) electrons. The maximum absolute atomic E-state index is 12.0. The third-order valence-corrected chi connectivity index (χ3v) is 4.15. The Hall–Kier alpha value is -3.03. The molecule has 1 aliphatic heterocycles. The number of amides is 1. The molecule has 0 fully saturated rings. The number of benzene rings is 1. The van der Waals surface area contributed by atoms with Gasteiger partial charge in [-0.1, -0.05) is 6.07 Å². The number of hydrogen-bond acceptors (Lipinski definition) is 6. The number of carbonyl (C=O) groups excluding carboxylic acids is 2. The summed E-state index contributed by atoms with van der Waals surface area (Å²) in [5, 5.41) is 7.06. The predicted octanol–water partition coefficient (Wildman–Crippen LogP) is 1.45. The minimum atomic E-state index is -0.477. The summed E-state index contributed by atoms with van der Waals surface area (Å²) in [6.45, 7) is -0.204. The van der Waals surface area contributed by atoms with Crippen LogP contribution in [-0.2, 0) is 21.4 Å². The van der Waals surface area contributed by atoms with Crippen molar-refractivity contribution >= 4 is 17.7 Å². The lowest BCUT2D eigenvalue weighted by Gasteiger charge is -2.24. The van der Waals surface area contributed by atoms with Crippen LogP contribution in [0, 0.1) is 0 Å². The fraction of sp³-hybridized carbons (Fsp3) is 0.353. The third-order valence-electron chi connectivity index (χ3n) is 4.15. The van der Waals surface area contributed by atoms with Crippen molar-refractivity contribution in [1.82, 2.24) is 9.78 Å². The van der Waals surface area contributed by atoms with E-state index in [1.807, 2.05) is 12.1 Å². The Kier molecular flexibility index (Phi) is 4.60. The van der Waals surface area contributed by atoms with Crippen molar-refractivity contribution in [3.8, 4) is 11.5 Å². The van der Waals surface area contributed by atoms with E-state index >= 15 is 0 Å². The molecule has 8 heteroatoms. The number of fused-ring (bicyclic) bond motifs is 1. The molecule has 8 nitrogen and oxygen atoms in total. The van der Waals surface area contributed by atoms with Crippen LogP contribution in [0.3, 0.4) is 0 Å².